The summed E-state index contributed by atoms with van der Waals surface area (Å²) in [5.74, 6) is -0.130. The van der Waals surface area contributed by atoms with Crippen molar-refractivity contribution in [2.45, 2.75) is 0 Å². The maximum absolute atomic E-state index is 12.4. The number of nitrogens with zero attached hydrogens (tertiary/aromatic N) is 3. The Balaban J connectivity index is 1.92. The van der Waals surface area contributed by atoms with Gasteiger partial charge in [-0.3, -0.25) is 19.6 Å². The Morgan fingerprint density at radius 3 is 2.52 bits per heavy atom. The summed E-state index contributed by atoms with van der Waals surface area (Å²) in [7, 11) is 0. The standard InChI is InChI=1S/C15H8N4O2/c20-13-9-2-1-5-17-10(9)14(21)12-11(13)18-15(19-12)8-3-6-16-7-4-8/h1-7H,(H,18,19). The minimum absolute atomic E-state index is 0.123. The van der Waals surface area contributed by atoms with Crippen LogP contribution in [0, 0.1) is 0 Å². The van der Waals surface area contributed by atoms with Crippen molar-refractivity contribution in [2.24, 2.45) is 0 Å². The first-order valence-corrected chi connectivity index (χ1v) is 6.30. The number of hydrogen-bond donors (Lipinski definition) is 1. The van der Waals surface area contributed by atoms with Crippen LogP contribution in [0.25, 0.3) is 11.4 Å². The van der Waals surface area contributed by atoms with Crippen LogP contribution in [0.2, 0.25) is 0 Å². The molecule has 3 aromatic rings. The molecule has 6 nitrogen and oxygen atoms in total. The van der Waals surface area contributed by atoms with Gasteiger partial charge in [-0.15, -0.1) is 0 Å². The van der Waals surface area contributed by atoms with Crippen LogP contribution in [0.1, 0.15) is 32.2 Å². The maximum Gasteiger partial charge on any atom is 0.232 e. The summed E-state index contributed by atoms with van der Waals surface area (Å²) >= 11 is 0. The Labute approximate surface area is 118 Å². The van der Waals surface area contributed by atoms with Crippen LogP contribution in [-0.2, 0) is 0 Å². The summed E-state index contributed by atoms with van der Waals surface area (Å²) in [6.07, 6.45) is 4.74. The molecule has 4 rings (SSSR count). The maximum atomic E-state index is 12.4. The number of rotatable bonds is 1. The molecule has 0 fully saturated rings. The normalized spacial score (nSPS) is 13.0. The van der Waals surface area contributed by atoms with Gasteiger partial charge in [0.05, 0.1) is 5.56 Å². The van der Waals surface area contributed by atoms with Crippen LogP contribution in [0.4, 0.5) is 0 Å². The van der Waals surface area contributed by atoms with Gasteiger partial charge >= 0.3 is 0 Å². The number of aromatic amines is 1. The number of hydrogen-bond acceptors (Lipinski definition) is 5. The van der Waals surface area contributed by atoms with E-state index < -0.39 is 0 Å². The van der Waals surface area contributed by atoms with E-state index in [4.69, 9.17) is 0 Å². The number of nitrogens with one attached hydrogen (secondary N) is 1. The van der Waals surface area contributed by atoms with E-state index in [9.17, 15) is 9.59 Å². The van der Waals surface area contributed by atoms with Crippen LogP contribution in [0.3, 0.4) is 0 Å². The highest BCUT2D eigenvalue weighted by Crippen LogP contribution is 2.26. The smallest absolute Gasteiger partial charge is 0.232 e. The van der Waals surface area contributed by atoms with Crippen molar-refractivity contribution in [1.82, 2.24) is 19.9 Å². The molecule has 1 aliphatic rings. The molecule has 0 unspecified atom stereocenters. The van der Waals surface area contributed by atoms with Crippen LogP contribution in [-0.4, -0.2) is 31.5 Å². The molecule has 0 saturated carbocycles. The molecule has 0 amide bonds. The van der Waals surface area contributed by atoms with E-state index in [-0.39, 0.29) is 28.6 Å². The van der Waals surface area contributed by atoms with E-state index in [0.717, 1.165) is 5.56 Å². The number of pyridine rings is 2. The fourth-order valence-corrected chi connectivity index (χ4v) is 2.36. The molecule has 1 aliphatic carbocycles. The molecule has 1 N–H and O–H groups in total. The fourth-order valence-electron chi connectivity index (χ4n) is 2.36. The molecule has 0 spiro atoms. The summed E-state index contributed by atoms with van der Waals surface area (Å²) in [6, 6.07) is 6.74. The van der Waals surface area contributed by atoms with Gasteiger partial charge in [-0.05, 0) is 24.3 Å². The van der Waals surface area contributed by atoms with E-state index >= 15 is 0 Å². The van der Waals surface area contributed by atoms with Gasteiger partial charge in [0.2, 0.25) is 11.6 Å². The SMILES string of the molecule is O=C1c2ncccc2C(=O)c2[nH]c(-c3ccncc3)nc21. The van der Waals surface area contributed by atoms with Gasteiger partial charge < -0.3 is 4.98 Å². The van der Waals surface area contributed by atoms with Gasteiger partial charge in [0.15, 0.2) is 0 Å². The Bertz CT molecular complexity index is 831. The zero-order valence-electron chi connectivity index (χ0n) is 10.7. The molecule has 0 atom stereocenters. The van der Waals surface area contributed by atoms with Crippen LogP contribution >= 0.6 is 0 Å². The summed E-state index contributed by atoms with van der Waals surface area (Å²) in [6.45, 7) is 0. The van der Waals surface area contributed by atoms with E-state index in [2.05, 4.69) is 19.9 Å². The van der Waals surface area contributed by atoms with Crippen LogP contribution < -0.4 is 0 Å². The predicted molar refractivity (Wildman–Crippen MR) is 72.9 cm³/mol. The van der Waals surface area contributed by atoms with Crippen molar-refractivity contribution in [1.29, 1.82) is 0 Å². The lowest BCUT2D eigenvalue weighted by Crippen LogP contribution is -2.22. The second-order valence-corrected chi connectivity index (χ2v) is 4.60. The second kappa shape index (κ2) is 4.17. The zero-order chi connectivity index (χ0) is 14.4. The summed E-state index contributed by atoms with van der Waals surface area (Å²) in [4.78, 5) is 39.9. The first kappa shape index (κ1) is 11.7. The number of fused-ring (bicyclic) bond motifs is 2. The first-order chi connectivity index (χ1) is 10.3. The van der Waals surface area contributed by atoms with Gasteiger partial charge in [-0.25, -0.2) is 4.98 Å². The van der Waals surface area contributed by atoms with E-state index in [1.54, 1.807) is 36.7 Å². The monoisotopic (exact) mass is 276 g/mol. The molecule has 0 aliphatic heterocycles. The number of ketones is 2. The highest BCUT2D eigenvalue weighted by molar-refractivity contribution is 6.26. The molecule has 6 heteroatoms. The molecular formula is C15H8N4O2. The average molecular weight is 276 g/mol. The minimum atomic E-state index is -0.336. The predicted octanol–water partition coefficient (Wildman–Crippen LogP) is 1.64. The van der Waals surface area contributed by atoms with E-state index in [1.807, 2.05) is 0 Å². The Morgan fingerprint density at radius 2 is 1.71 bits per heavy atom. The van der Waals surface area contributed by atoms with Crippen molar-refractivity contribution in [3.05, 3.63) is 65.5 Å². The number of aromatic nitrogens is 4. The lowest BCUT2D eigenvalue weighted by Gasteiger charge is -2.10. The molecule has 3 heterocycles. The average Bonchev–Trinajstić information content (AvgIpc) is 2.99. The second-order valence-electron chi connectivity index (χ2n) is 4.60. The molecule has 100 valence electrons. The Kier molecular flexibility index (Phi) is 2.32. The van der Waals surface area contributed by atoms with Gasteiger partial charge in [0.1, 0.15) is 22.9 Å². The van der Waals surface area contributed by atoms with Crippen molar-refractivity contribution >= 4 is 11.6 Å². The largest absolute Gasteiger partial charge is 0.335 e. The summed E-state index contributed by atoms with van der Waals surface area (Å²) in [5, 5.41) is 0. The highest BCUT2D eigenvalue weighted by atomic mass is 16.1. The van der Waals surface area contributed by atoms with Crippen molar-refractivity contribution in [3.8, 4) is 11.4 Å². The Hall–Kier alpha value is -3.15. The van der Waals surface area contributed by atoms with Gasteiger partial charge in [0, 0.05) is 24.2 Å². The molecule has 0 bridgehead atoms. The number of H-pyrrole nitrogens is 1. The minimum Gasteiger partial charge on any atom is -0.335 e. The summed E-state index contributed by atoms with van der Waals surface area (Å²) in [5.41, 5.74) is 1.56. The molecule has 0 saturated heterocycles. The van der Waals surface area contributed by atoms with Crippen LogP contribution in [0.15, 0.2) is 42.9 Å². The quantitative estimate of drug-likeness (QED) is 0.571. The van der Waals surface area contributed by atoms with E-state index in [0.29, 0.717) is 11.4 Å². The third-order valence-electron chi connectivity index (χ3n) is 3.37. The molecule has 0 radical (unpaired) electrons. The lowest BCUT2D eigenvalue weighted by molar-refractivity contribution is 0.0970. The molecule has 3 aromatic heterocycles. The zero-order valence-corrected chi connectivity index (χ0v) is 10.7. The van der Waals surface area contributed by atoms with Gasteiger partial charge in [-0.1, -0.05) is 0 Å². The van der Waals surface area contributed by atoms with Crippen molar-refractivity contribution in [3.63, 3.8) is 0 Å². The first-order valence-electron chi connectivity index (χ1n) is 6.30. The van der Waals surface area contributed by atoms with Crippen LogP contribution in [0.5, 0.6) is 0 Å². The molecule has 0 aromatic carbocycles. The fraction of sp³-hybridized carbons (Fsp3) is 0. The third kappa shape index (κ3) is 1.62. The number of carbonyl (C=O) groups excluding carboxylic acids is 2. The number of imidazole rings is 1. The summed E-state index contributed by atoms with van der Waals surface area (Å²) < 4.78 is 0. The Morgan fingerprint density at radius 1 is 0.905 bits per heavy atom. The van der Waals surface area contributed by atoms with Crippen molar-refractivity contribution in [2.75, 3.05) is 0 Å². The number of carbonyl (C=O) groups is 2. The third-order valence-corrected chi connectivity index (χ3v) is 3.37. The topological polar surface area (TPSA) is 88.6 Å². The molecular weight excluding hydrogens is 268 g/mol. The highest BCUT2D eigenvalue weighted by Gasteiger charge is 2.34. The van der Waals surface area contributed by atoms with Crippen molar-refractivity contribution < 1.29 is 9.59 Å². The van der Waals surface area contributed by atoms with Gasteiger partial charge in [-0.2, -0.15) is 0 Å². The van der Waals surface area contributed by atoms with Gasteiger partial charge in [0.25, 0.3) is 0 Å². The molecule has 21 heavy (non-hydrogen) atoms. The van der Waals surface area contributed by atoms with E-state index in [1.165, 1.54) is 6.20 Å². The lowest BCUT2D eigenvalue weighted by atomic mass is 9.95.